The van der Waals surface area contributed by atoms with Crippen LogP contribution in [0.3, 0.4) is 0 Å². The van der Waals surface area contributed by atoms with Crippen LogP contribution in [-0.2, 0) is 20.9 Å². The Kier molecular flexibility index (Phi) is 6.23. The average molecular weight is 398 g/mol. The van der Waals surface area contributed by atoms with E-state index in [9.17, 15) is 18.8 Å². The van der Waals surface area contributed by atoms with E-state index in [1.165, 1.54) is 29.0 Å². The highest BCUT2D eigenvalue weighted by Gasteiger charge is 2.12. The number of carbonyl (C=O) groups is 2. The van der Waals surface area contributed by atoms with Crippen LogP contribution >= 0.6 is 0 Å². The lowest BCUT2D eigenvalue weighted by Crippen LogP contribution is -2.27. The van der Waals surface area contributed by atoms with Crippen LogP contribution in [0.1, 0.15) is 6.92 Å². The largest absolute Gasteiger partial charge is 0.481 e. The van der Waals surface area contributed by atoms with Gasteiger partial charge in [0.05, 0.1) is 17.7 Å². The quantitative estimate of drug-likeness (QED) is 0.619. The molecule has 0 aliphatic carbocycles. The third kappa shape index (κ3) is 4.78. The first-order valence-corrected chi connectivity index (χ1v) is 8.94. The van der Waals surface area contributed by atoms with E-state index in [1.807, 2.05) is 0 Å². The lowest BCUT2D eigenvalue weighted by Gasteiger charge is -2.11. The first-order chi connectivity index (χ1) is 14.0. The molecule has 8 heteroatoms. The van der Waals surface area contributed by atoms with Crippen molar-refractivity contribution in [3.05, 3.63) is 70.9 Å². The summed E-state index contributed by atoms with van der Waals surface area (Å²) in [5.74, 6) is -1.25. The molecule has 0 saturated carbocycles. The van der Waals surface area contributed by atoms with Gasteiger partial charge in [0.2, 0.25) is 5.91 Å². The number of carbonyl (C=O) groups excluding carboxylic acids is 2. The number of rotatable bonds is 7. The summed E-state index contributed by atoms with van der Waals surface area (Å²) in [5.41, 5.74) is -0.367. The molecule has 29 heavy (non-hydrogen) atoms. The number of nitrogens with one attached hydrogen (secondary N) is 1. The van der Waals surface area contributed by atoms with E-state index in [0.29, 0.717) is 16.5 Å². The summed E-state index contributed by atoms with van der Waals surface area (Å²) in [4.78, 5) is 36.4. The van der Waals surface area contributed by atoms with Gasteiger partial charge in [-0.3, -0.25) is 9.59 Å². The number of nitrogens with zero attached hydrogens (tertiary/aromatic N) is 1. The molecule has 0 fully saturated rings. The van der Waals surface area contributed by atoms with Crippen molar-refractivity contribution in [1.82, 2.24) is 4.57 Å². The van der Waals surface area contributed by atoms with Gasteiger partial charge in [0.1, 0.15) is 18.1 Å². The number of aromatic nitrogens is 1. The zero-order valence-corrected chi connectivity index (χ0v) is 15.7. The fraction of sp³-hybridized carbons (Fsp3) is 0.190. The molecular formula is C21H19FN2O5. The molecule has 0 unspecified atom stereocenters. The minimum atomic E-state index is -0.560. The van der Waals surface area contributed by atoms with Crippen LogP contribution in [-0.4, -0.2) is 29.7 Å². The van der Waals surface area contributed by atoms with Crippen LogP contribution < -0.4 is 15.6 Å². The number of halogens is 1. The topological polar surface area (TPSA) is 86.6 Å². The molecule has 1 N–H and O–H groups in total. The van der Waals surface area contributed by atoms with Crippen LogP contribution in [0.5, 0.6) is 5.75 Å². The molecule has 3 rings (SSSR count). The summed E-state index contributed by atoms with van der Waals surface area (Å²) < 4.78 is 25.2. The van der Waals surface area contributed by atoms with Crippen LogP contribution in [0.15, 0.2) is 59.5 Å². The lowest BCUT2D eigenvalue weighted by molar-refractivity contribution is -0.145. The zero-order chi connectivity index (χ0) is 20.8. The Morgan fingerprint density at radius 2 is 1.86 bits per heavy atom. The van der Waals surface area contributed by atoms with Gasteiger partial charge in [-0.05, 0) is 37.3 Å². The maximum absolute atomic E-state index is 13.7. The Morgan fingerprint density at radius 3 is 2.62 bits per heavy atom. The van der Waals surface area contributed by atoms with Crippen molar-refractivity contribution < 1.29 is 23.5 Å². The molecule has 0 aliphatic rings. The van der Waals surface area contributed by atoms with E-state index in [1.54, 1.807) is 37.3 Å². The van der Waals surface area contributed by atoms with Gasteiger partial charge in [-0.15, -0.1) is 0 Å². The highest BCUT2D eigenvalue weighted by molar-refractivity contribution is 5.91. The van der Waals surface area contributed by atoms with Gasteiger partial charge < -0.3 is 19.4 Å². The zero-order valence-electron chi connectivity index (χ0n) is 15.7. The monoisotopic (exact) mass is 398 g/mol. The maximum Gasteiger partial charge on any atom is 0.344 e. The standard InChI is InChI=1S/C21H19FN2O5/c1-2-28-20(26)13-29-18-9-5-6-15-14(18)10-11-24(21(15)27)12-19(25)23-17-8-4-3-7-16(17)22/h3-11H,2,12-13H2,1H3,(H,23,25). The smallest absolute Gasteiger partial charge is 0.344 e. The maximum atomic E-state index is 13.7. The number of benzene rings is 2. The molecule has 3 aromatic rings. The molecule has 0 radical (unpaired) electrons. The third-order valence-electron chi connectivity index (χ3n) is 4.09. The Morgan fingerprint density at radius 1 is 1.07 bits per heavy atom. The summed E-state index contributed by atoms with van der Waals surface area (Å²) in [6.45, 7) is 1.39. The van der Waals surface area contributed by atoms with Gasteiger partial charge in [-0.25, -0.2) is 9.18 Å². The Labute approximate surface area is 165 Å². The van der Waals surface area contributed by atoms with Gasteiger partial charge in [-0.2, -0.15) is 0 Å². The predicted octanol–water partition coefficient (Wildman–Crippen LogP) is 2.72. The Bertz CT molecular complexity index is 1110. The second-order valence-corrected chi connectivity index (χ2v) is 6.09. The van der Waals surface area contributed by atoms with E-state index in [-0.39, 0.29) is 25.4 Å². The number of hydrogen-bond donors (Lipinski definition) is 1. The van der Waals surface area contributed by atoms with Crippen molar-refractivity contribution in [3.63, 3.8) is 0 Å². The number of para-hydroxylation sites is 1. The summed E-state index contributed by atoms with van der Waals surface area (Å²) in [6, 6.07) is 12.2. The molecular weight excluding hydrogens is 379 g/mol. The summed E-state index contributed by atoms with van der Waals surface area (Å²) >= 11 is 0. The normalized spacial score (nSPS) is 10.6. The summed E-state index contributed by atoms with van der Waals surface area (Å²) in [7, 11) is 0. The van der Waals surface area contributed by atoms with Crippen LogP contribution in [0.4, 0.5) is 10.1 Å². The minimum absolute atomic E-state index is 0.0426. The fourth-order valence-electron chi connectivity index (χ4n) is 2.79. The van der Waals surface area contributed by atoms with Crippen molar-refractivity contribution in [2.45, 2.75) is 13.5 Å². The Hall–Kier alpha value is -3.68. The van der Waals surface area contributed by atoms with E-state index < -0.39 is 23.3 Å². The van der Waals surface area contributed by atoms with Crippen molar-refractivity contribution in [2.24, 2.45) is 0 Å². The lowest BCUT2D eigenvalue weighted by atomic mass is 10.1. The third-order valence-corrected chi connectivity index (χ3v) is 4.09. The number of pyridine rings is 1. The molecule has 7 nitrogen and oxygen atoms in total. The second-order valence-electron chi connectivity index (χ2n) is 6.09. The molecule has 0 spiro atoms. The number of anilines is 1. The van der Waals surface area contributed by atoms with E-state index in [2.05, 4.69) is 5.32 Å². The van der Waals surface area contributed by atoms with E-state index >= 15 is 0 Å². The molecule has 0 saturated heterocycles. The average Bonchev–Trinajstić information content (AvgIpc) is 2.70. The van der Waals surface area contributed by atoms with Gasteiger partial charge in [0, 0.05) is 11.6 Å². The highest BCUT2D eigenvalue weighted by Crippen LogP contribution is 2.23. The number of fused-ring (bicyclic) bond motifs is 1. The minimum Gasteiger partial charge on any atom is -0.481 e. The SMILES string of the molecule is CCOC(=O)COc1cccc2c(=O)n(CC(=O)Nc3ccccc3F)ccc12. The first kappa shape index (κ1) is 20.1. The molecule has 2 aromatic carbocycles. The van der Waals surface area contributed by atoms with E-state index in [0.717, 1.165) is 0 Å². The van der Waals surface area contributed by atoms with E-state index in [4.69, 9.17) is 9.47 Å². The second kappa shape index (κ2) is 9.01. The first-order valence-electron chi connectivity index (χ1n) is 8.94. The molecule has 1 amide bonds. The predicted molar refractivity (Wildman–Crippen MR) is 105 cm³/mol. The van der Waals surface area contributed by atoms with Crippen molar-refractivity contribution >= 4 is 28.3 Å². The van der Waals surface area contributed by atoms with Crippen molar-refractivity contribution in [2.75, 3.05) is 18.5 Å². The van der Waals surface area contributed by atoms with Gasteiger partial charge in [-0.1, -0.05) is 18.2 Å². The molecule has 0 aliphatic heterocycles. The van der Waals surface area contributed by atoms with Crippen LogP contribution in [0.2, 0.25) is 0 Å². The van der Waals surface area contributed by atoms with Crippen molar-refractivity contribution in [3.8, 4) is 5.75 Å². The number of hydrogen-bond acceptors (Lipinski definition) is 5. The van der Waals surface area contributed by atoms with Crippen molar-refractivity contribution in [1.29, 1.82) is 0 Å². The fourth-order valence-corrected chi connectivity index (χ4v) is 2.79. The molecule has 1 aromatic heterocycles. The molecule has 1 heterocycles. The number of ether oxygens (including phenoxy) is 2. The number of esters is 1. The summed E-state index contributed by atoms with van der Waals surface area (Å²) in [5, 5.41) is 3.27. The Balaban J connectivity index is 1.79. The van der Waals surface area contributed by atoms with Gasteiger partial charge in [0.15, 0.2) is 6.61 Å². The molecule has 150 valence electrons. The van der Waals surface area contributed by atoms with Crippen LogP contribution in [0.25, 0.3) is 10.8 Å². The van der Waals surface area contributed by atoms with Gasteiger partial charge >= 0.3 is 5.97 Å². The van der Waals surface area contributed by atoms with Crippen LogP contribution in [0, 0.1) is 5.82 Å². The van der Waals surface area contributed by atoms with Gasteiger partial charge in [0.25, 0.3) is 5.56 Å². The molecule has 0 atom stereocenters. The molecule has 0 bridgehead atoms. The number of amides is 1. The summed E-state index contributed by atoms with van der Waals surface area (Å²) in [6.07, 6.45) is 1.45. The highest BCUT2D eigenvalue weighted by atomic mass is 19.1.